The predicted octanol–water partition coefficient (Wildman–Crippen LogP) is -3.67. The molecule has 0 saturated heterocycles. The van der Waals surface area contributed by atoms with Crippen LogP contribution in [0.25, 0.3) is 0 Å². The van der Waals surface area contributed by atoms with Crippen molar-refractivity contribution >= 4 is 20.8 Å². The number of aliphatic hydroxyl groups excluding tert-OH is 2. The normalized spacial score (nSPS) is 43.6. The van der Waals surface area contributed by atoms with Gasteiger partial charge in [-0.25, -0.2) is 16.8 Å². The summed E-state index contributed by atoms with van der Waals surface area (Å²) in [4.78, 5) is 0. The molecule has 4 rings (SSSR count). The van der Waals surface area contributed by atoms with E-state index in [2.05, 4.69) is 25.0 Å². The second-order valence-electron chi connectivity index (χ2n) is 12.4. The minimum Gasteiger partial charge on any atom is -0.726 e. The molecule has 0 spiro atoms. The molecule has 0 aromatic rings. The molecular formula is C24H40Na2O10S2. The molecule has 0 unspecified atom stereocenters. The summed E-state index contributed by atoms with van der Waals surface area (Å²) in [7, 11) is -9.66. The third-order valence-corrected chi connectivity index (χ3v) is 11.7. The Morgan fingerprint density at radius 3 is 2.21 bits per heavy atom. The van der Waals surface area contributed by atoms with E-state index in [1.54, 1.807) is 0 Å². The molecule has 11 atom stereocenters. The van der Waals surface area contributed by atoms with Gasteiger partial charge in [0.15, 0.2) is 0 Å². The molecule has 0 aliphatic heterocycles. The molecule has 0 bridgehead atoms. The maximum absolute atomic E-state index is 11.8. The first-order valence-corrected chi connectivity index (χ1v) is 15.8. The summed E-state index contributed by atoms with van der Waals surface area (Å²) in [6.07, 6.45) is 3.64. The topological polar surface area (TPSA) is 173 Å². The van der Waals surface area contributed by atoms with Crippen LogP contribution in [0.4, 0.5) is 0 Å². The predicted molar refractivity (Wildman–Crippen MR) is 127 cm³/mol. The van der Waals surface area contributed by atoms with Crippen molar-refractivity contribution in [2.45, 2.75) is 96.9 Å². The van der Waals surface area contributed by atoms with Crippen molar-refractivity contribution in [3.8, 4) is 0 Å². The molecule has 210 valence electrons. The van der Waals surface area contributed by atoms with E-state index < -0.39 is 44.5 Å². The largest absolute Gasteiger partial charge is 1.00 e. The Bertz CT molecular complexity index is 1030. The van der Waals surface area contributed by atoms with Crippen molar-refractivity contribution in [3.05, 3.63) is 0 Å². The van der Waals surface area contributed by atoms with Gasteiger partial charge in [-0.05, 0) is 104 Å². The summed E-state index contributed by atoms with van der Waals surface area (Å²) in [5.74, 6) is -0.0142. The van der Waals surface area contributed by atoms with Gasteiger partial charge in [-0.3, -0.25) is 8.37 Å². The van der Waals surface area contributed by atoms with Gasteiger partial charge in [0.2, 0.25) is 20.8 Å². The summed E-state index contributed by atoms with van der Waals surface area (Å²) in [6, 6.07) is 0. The van der Waals surface area contributed by atoms with Gasteiger partial charge in [-0.2, -0.15) is 0 Å². The molecular weight excluding hydrogens is 558 g/mol. The average Bonchev–Trinajstić information content (AvgIpc) is 3.10. The van der Waals surface area contributed by atoms with E-state index in [1.807, 2.05) is 0 Å². The van der Waals surface area contributed by atoms with E-state index in [9.17, 15) is 36.2 Å². The van der Waals surface area contributed by atoms with Crippen LogP contribution in [0.5, 0.6) is 0 Å². The first-order valence-electron chi connectivity index (χ1n) is 13.2. The third-order valence-electron chi connectivity index (χ3n) is 10.8. The van der Waals surface area contributed by atoms with Gasteiger partial charge in [-0.15, -0.1) is 0 Å². The van der Waals surface area contributed by atoms with E-state index in [-0.39, 0.29) is 107 Å². The number of fused-ring (bicyclic) bond motifs is 5. The molecule has 0 amide bonds. The average molecular weight is 599 g/mol. The fourth-order valence-corrected chi connectivity index (χ4v) is 9.96. The zero-order valence-electron chi connectivity index (χ0n) is 23.2. The Hall–Kier alpha value is 1.66. The van der Waals surface area contributed by atoms with Crippen LogP contribution >= 0.6 is 0 Å². The maximum Gasteiger partial charge on any atom is 1.00 e. The van der Waals surface area contributed by atoms with Crippen LogP contribution in [0.2, 0.25) is 0 Å². The molecule has 10 nitrogen and oxygen atoms in total. The van der Waals surface area contributed by atoms with Crippen LogP contribution in [0.3, 0.4) is 0 Å². The minimum atomic E-state index is -4.93. The van der Waals surface area contributed by atoms with Crippen molar-refractivity contribution in [3.63, 3.8) is 0 Å². The van der Waals surface area contributed by atoms with Crippen LogP contribution in [0.15, 0.2) is 0 Å². The Balaban J connectivity index is 0.00000253. The SMILES string of the molecule is C[C@H](CCCOS(=O)(=O)[O-])[C@H]1CC[C@H]2[C@@H]3[C@H](OS(=O)(=O)[O-])C[C@H]4C[C@H](O)CC[C@]4(C)[C@H]3C[C@H](O)[C@]12C.[Na+].[Na+]. The van der Waals surface area contributed by atoms with Gasteiger partial charge in [0, 0.05) is 0 Å². The van der Waals surface area contributed by atoms with Crippen LogP contribution in [0, 0.1) is 46.3 Å². The van der Waals surface area contributed by atoms with E-state index >= 15 is 0 Å². The summed E-state index contributed by atoms with van der Waals surface area (Å²) < 4.78 is 77.0. The molecule has 14 heteroatoms. The molecule has 0 radical (unpaired) electrons. The molecule has 4 aliphatic rings. The summed E-state index contributed by atoms with van der Waals surface area (Å²) in [5.41, 5.74) is -0.693. The first kappa shape index (κ1) is 35.9. The van der Waals surface area contributed by atoms with Crippen LogP contribution in [0.1, 0.15) is 78.6 Å². The van der Waals surface area contributed by atoms with Gasteiger partial charge in [0.1, 0.15) is 0 Å². The second-order valence-corrected chi connectivity index (χ2v) is 14.4. The maximum atomic E-state index is 11.8. The second kappa shape index (κ2) is 13.1. The molecule has 2 N–H and O–H groups in total. The molecule has 0 aromatic carbocycles. The molecule has 0 aromatic heterocycles. The van der Waals surface area contributed by atoms with E-state index in [1.165, 1.54) is 0 Å². The van der Waals surface area contributed by atoms with E-state index in [4.69, 9.17) is 4.18 Å². The zero-order chi connectivity index (χ0) is 26.7. The molecule has 4 fully saturated rings. The van der Waals surface area contributed by atoms with E-state index in [0.717, 1.165) is 19.3 Å². The fourth-order valence-electron chi connectivity index (χ4n) is 9.12. The Morgan fingerprint density at radius 2 is 1.61 bits per heavy atom. The molecule has 4 saturated carbocycles. The number of hydrogen-bond acceptors (Lipinski definition) is 10. The van der Waals surface area contributed by atoms with Crippen molar-refractivity contribution in [2.75, 3.05) is 6.61 Å². The Labute approximate surface area is 271 Å². The molecule has 38 heavy (non-hydrogen) atoms. The number of hydrogen-bond donors (Lipinski definition) is 2. The van der Waals surface area contributed by atoms with Gasteiger partial charge >= 0.3 is 59.1 Å². The summed E-state index contributed by atoms with van der Waals surface area (Å²) in [6.45, 7) is 6.13. The summed E-state index contributed by atoms with van der Waals surface area (Å²) >= 11 is 0. The smallest absolute Gasteiger partial charge is 0.726 e. The van der Waals surface area contributed by atoms with Crippen molar-refractivity contribution in [1.82, 2.24) is 0 Å². The zero-order valence-corrected chi connectivity index (χ0v) is 28.9. The fraction of sp³-hybridized carbons (Fsp3) is 1.00. The first-order chi connectivity index (χ1) is 16.6. The van der Waals surface area contributed by atoms with Crippen molar-refractivity contribution in [1.29, 1.82) is 0 Å². The van der Waals surface area contributed by atoms with Gasteiger partial charge in [0.05, 0.1) is 24.9 Å². The minimum absolute atomic E-state index is 0. The third kappa shape index (κ3) is 7.23. The Morgan fingerprint density at radius 1 is 0.947 bits per heavy atom. The van der Waals surface area contributed by atoms with Crippen molar-refractivity contribution < 1.29 is 104 Å². The monoisotopic (exact) mass is 598 g/mol. The van der Waals surface area contributed by atoms with E-state index in [0.29, 0.717) is 38.5 Å². The van der Waals surface area contributed by atoms with Gasteiger partial charge < -0.3 is 19.3 Å². The number of aliphatic hydroxyl groups is 2. The Kier molecular flexibility index (Phi) is 12.4. The van der Waals surface area contributed by atoms with Crippen LogP contribution < -0.4 is 59.1 Å². The van der Waals surface area contributed by atoms with Crippen molar-refractivity contribution in [2.24, 2.45) is 46.3 Å². The van der Waals surface area contributed by atoms with Crippen LogP contribution in [-0.4, -0.2) is 61.1 Å². The molecule has 0 heterocycles. The standard InChI is InChI=1S/C24H42O10S2.2Na/c1-14(5-4-10-33-35(27,28)29)17-6-7-18-22-19(13-21(26)24(17,18)3)23(2)9-8-16(25)11-15(23)12-20(22)34-36(30,31)32;;/h14-22,25-26H,4-13H2,1-3H3,(H,27,28,29)(H,30,31,32);;/q;2*+1/p-2/t14-,15-,16-,17-,18+,19+,20-,21+,22+,23+,24-;;/m1../s1. The number of rotatable bonds is 8. The van der Waals surface area contributed by atoms with Crippen LogP contribution in [-0.2, 0) is 29.2 Å². The summed E-state index contributed by atoms with van der Waals surface area (Å²) in [5, 5.41) is 22.0. The van der Waals surface area contributed by atoms with Gasteiger partial charge in [-0.1, -0.05) is 20.8 Å². The quantitative estimate of drug-likeness (QED) is 0.123. The van der Waals surface area contributed by atoms with Gasteiger partial charge in [0.25, 0.3) is 0 Å². The molecule has 4 aliphatic carbocycles.